The summed E-state index contributed by atoms with van der Waals surface area (Å²) < 4.78 is 14.3. The van der Waals surface area contributed by atoms with Crippen molar-refractivity contribution in [2.24, 2.45) is 45.4 Å². The van der Waals surface area contributed by atoms with Crippen LogP contribution in [-0.4, -0.2) is 30.8 Å². The molecule has 27 heavy (non-hydrogen) atoms. The SMILES string of the molecule is C=C1CC2C3CC(F)C(=O)C3(C)CCC2[C@@]2(C)CC/C(=N\OCCN)CC12. The van der Waals surface area contributed by atoms with Gasteiger partial charge in [-0.05, 0) is 74.0 Å². The third-order valence-corrected chi connectivity index (χ3v) is 8.56. The molecule has 0 saturated heterocycles. The number of carbonyl (C=O) groups excluding carboxylic acids is 1. The maximum absolute atomic E-state index is 14.3. The zero-order chi connectivity index (χ0) is 19.4. The summed E-state index contributed by atoms with van der Waals surface area (Å²) in [5, 5.41) is 4.32. The highest BCUT2D eigenvalue weighted by Gasteiger charge is 2.63. The molecule has 4 aliphatic rings. The topological polar surface area (TPSA) is 64.7 Å². The fraction of sp³-hybridized carbons (Fsp3) is 0.818. The lowest BCUT2D eigenvalue weighted by molar-refractivity contribution is -0.136. The van der Waals surface area contributed by atoms with Crippen molar-refractivity contribution < 1.29 is 14.0 Å². The van der Waals surface area contributed by atoms with Crippen molar-refractivity contribution in [3.8, 4) is 0 Å². The van der Waals surface area contributed by atoms with Crippen molar-refractivity contribution in [1.29, 1.82) is 0 Å². The zero-order valence-corrected chi connectivity index (χ0v) is 16.7. The highest BCUT2D eigenvalue weighted by molar-refractivity contribution is 5.91. The van der Waals surface area contributed by atoms with Crippen molar-refractivity contribution in [2.45, 2.75) is 65.0 Å². The Morgan fingerprint density at radius 2 is 2.07 bits per heavy atom. The second kappa shape index (κ2) is 6.68. The van der Waals surface area contributed by atoms with Gasteiger partial charge in [-0.3, -0.25) is 4.79 Å². The Morgan fingerprint density at radius 3 is 2.81 bits per heavy atom. The quantitative estimate of drug-likeness (QED) is 0.459. The fourth-order valence-electron chi connectivity index (χ4n) is 7.07. The third-order valence-electron chi connectivity index (χ3n) is 8.56. The smallest absolute Gasteiger partial charge is 0.173 e. The zero-order valence-electron chi connectivity index (χ0n) is 16.7. The second-order valence-electron chi connectivity index (χ2n) is 9.80. The van der Waals surface area contributed by atoms with Crippen LogP contribution in [0.5, 0.6) is 0 Å². The van der Waals surface area contributed by atoms with Gasteiger partial charge in [0.2, 0.25) is 0 Å². The van der Waals surface area contributed by atoms with Gasteiger partial charge in [-0.1, -0.05) is 31.2 Å². The molecule has 0 amide bonds. The third kappa shape index (κ3) is 2.80. The molecule has 4 fully saturated rings. The molecular formula is C22H33FN2O2. The van der Waals surface area contributed by atoms with Crippen molar-refractivity contribution in [2.75, 3.05) is 13.2 Å². The molecule has 5 heteroatoms. The summed E-state index contributed by atoms with van der Waals surface area (Å²) in [5.41, 5.74) is 7.58. The van der Waals surface area contributed by atoms with E-state index in [0.29, 0.717) is 37.3 Å². The largest absolute Gasteiger partial charge is 0.395 e. The molecule has 0 spiro atoms. The van der Waals surface area contributed by atoms with Crippen LogP contribution in [-0.2, 0) is 9.63 Å². The Kier molecular flexibility index (Phi) is 4.73. The van der Waals surface area contributed by atoms with Gasteiger partial charge in [0.05, 0.1) is 5.71 Å². The number of fused-ring (bicyclic) bond motifs is 5. The van der Waals surface area contributed by atoms with Gasteiger partial charge < -0.3 is 10.6 Å². The molecule has 6 unspecified atom stereocenters. The molecule has 0 aromatic carbocycles. The van der Waals surface area contributed by atoms with Crippen LogP contribution in [0.15, 0.2) is 17.3 Å². The van der Waals surface area contributed by atoms with Crippen LogP contribution in [0.2, 0.25) is 0 Å². The molecule has 150 valence electrons. The molecule has 7 atom stereocenters. The first-order valence-electron chi connectivity index (χ1n) is 10.5. The van der Waals surface area contributed by atoms with Crippen molar-refractivity contribution in [3.05, 3.63) is 12.2 Å². The molecule has 0 bridgehead atoms. The molecule has 0 aromatic heterocycles. The highest BCUT2D eigenvalue weighted by Crippen LogP contribution is 2.66. The summed E-state index contributed by atoms with van der Waals surface area (Å²) in [6.45, 7) is 9.80. The number of allylic oxidation sites excluding steroid dienone is 1. The maximum atomic E-state index is 14.3. The summed E-state index contributed by atoms with van der Waals surface area (Å²) in [5.74, 6) is 1.40. The average Bonchev–Trinajstić information content (AvgIpc) is 2.87. The predicted octanol–water partition coefficient (Wildman–Crippen LogP) is 4.04. The van der Waals surface area contributed by atoms with E-state index in [0.717, 1.165) is 44.2 Å². The molecule has 4 nitrogen and oxygen atoms in total. The molecule has 4 rings (SSSR count). The first kappa shape index (κ1) is 19.1. The summed E-state index contributed by atoms with van der Waals surface area (Å²) in [6.07, 6.45) is 4.89. The van der Waals surface area contributed by atoms with E-state index in [1.165, 1.54) is 5.57 Å². The van der Waals surface area contributed by atoms with Crippen LogP contribution >= 0.6 is 0 Å². The number of hydrogen-bond donors (Lipinski definition) is 1. The van der Waals surface area contributed by atoms with Gasteiger partial charge >= 0.3 is 0 Å². The van der Waals surface area contributed by atoms with Crippen LogP contribution < -0.4 is 5.73 Å². The van der Waals surface area contributed by atoms with Gasteiger partial charge in [0.15, 0.2) is 12.0 Å². The number of alkyl halides is 1. The Balaban J connectivity index is 1.58. The molecule has 0 radical (unpaired) electrons. The lowest BCUT2D eigenvalue weighted by atomic mass is 9.44. The number of oxime groups is 1. The van der Waals surface area contributed by atoms with Gasteiger partial charge in [0.1, 0.15) is 6.61 Å². The molecule has 0 aliphatic heterocycles. The molecule has 4 aliphatic carbocycles. The Bertz CT molecular complexity index is 677. The number of nitrogens with zero attached hydrogens (tertiary/aromatic N) is 1. The Hall–Kier alpha value is -1.23. The van der Waals surface area contributed by atoms with Crippen molar-refractivity contribution in [3.63, 3.8) is 0 Å². The average molecular weight is 377 g/mol. The molecule has 0 aromatic rings. The van der Waals surface area contributed by atoms with E-state index in [2.05, 4.69) is 18.7 Å². The monoisotopic (exact) mass is 376 g/mol. The minimum atomic E-state index is -1.26. The first-order chi connectivity index (χ1) is 12.8. The van der Waals surface area contributed by atoms with Crippen LogP contribution in [0.1, 0.15) is 58.8 Å². The summed E-state index contributed by atoms with van der Waals surface area (Å²) >= 11 is 0. The molecule has 2 N–H and O–H groups in total. The maximum Gasteiger partial charge on any atom is 0.173 e. The van der Waals surface area contributed by atoms with Crippen LogP contribution in [0.25, 0.3) is 0 Å². The van der Waals surface area contributed by atoms with E-state index in [9.17, 15) is 9.18 Å². The van der Waals surface area contributed by atoms with E-state index >= 15 is 0 Å². The Labute approximate surface area is 161 Å². The van der Waals surface area contributed by atoms with E-state index < -0.39 is 11.6 Å². The van der Waals surface area contributed by atoms with Gasteiger partial charge in [0, 0.05) is 12.0 Å². The van der Waals surface area contributed by atoms with E-state index in [1.54, 1.807) is 0 Å². The minimum Gasteiger partial charge on any atom is -0.395 e. The summed E-state index contributed by atoms with van der Waals surface area (Å²) in [6, 6.07) is 0. The van der Waals surface area contributed by atoms with E-state index in [-0.39, 0.29) is 17.1 Å². The van der Waals surface area contributed by atoms with Crippen molar-refractivity contribution >= 4 is 11.5 Å². The molecule has 4 saturated carbocycles. The molecule has 0 heterocycles. The number of nitrogens with two attached hydrogens (primary N) is 1. The van der Waals surface area contributed by atoms with Gasteiger partial charge in [0.25, 0.3) is 0 Å². The normalized spacial score (nSPS) is 48.1. The number of rotatable bonds is 3. The predicted molar refractivity (Wildman–Crippen MR) is 104 cm³/mol. The first-order valence-corrected chi connectivity index (χ1v) is 10.5. The van der Waals surface area contributed by atoms with E-state index in [4.69, 9.17) is 10.6 Å². The number of Topliss-reactive ketones (excluding diaryl/α,β-unsaturated/α-hetero) is 1. The summed E-state index contributed by atoms with van der Waals surface area (Å²) in [4.78, 5) is 17.8. The lowest BCUT2D eigenvalue weighted by Gasteiger charge is -2.60. The standard InChI is InChI=1S/C22H33FN2O2/c1-13-10-15-16(5-7-22(3)18(15)12-19(23)20(22)26)21(2)6-4-14(11-17(13)21)25-27-9-8-24/h15-19H,1,4-12,24H2,2-3H3/b25-14+/t15?,16?,17?,18?,19?,21-,22?/m1/s1. The lowest BCUT2D eigenvalue weighted by Crippen LogP contribution is -2.54. The van der Waals surface area contributed by atoms with Crippen molar-refractivity contribution in [1.82, 2.24) is 0 Å². The van der Waals surface area contributed by atoms with Crippen LogP contribution in [0.3, 0.4) is 0 Å². The fourth-order valence-corrected chi connectivity index (χ4v) is 7.07. The minimum absolute atomic E-state index is 0.140. The molecular weight excluding hydrogens is 343 g/mol. The van der Waals surface area contributed by atoms with E-state index in [1.807, 2.05) is 6.92 Å². The van der Waals surface area contributed by atoms with Crippen LogP contribution in [0.4, 0.5) is 4.39 Å². The number of hydrogen-bond acceptors (Lipinski definition) is 4. The second-order valence-corrected chi connectivity index (χ2v) is 9.80. The van der Waals surface area contributed by atoms with Crippen LogP contribution in [0, 0.1) is 34.5 Å². The van der Waals surface area contributed by atoms with Gasteiger partial charge in [-0.2, -0.15) is 0 Å². The van der Waals surface area contributed by atoms with Gasteiger partial charge in [-0.25, -0.2) is 4.39 Å². The summed E-state index contributed by atoms with van der Waals surface area (Å²) in [7, 11) is 0. The number of carbonyl (C=O) groups is 1. The number of halogens is 1. The Morgan fingerprint density at radius 1 is 1.30 bits per heavy atom. The number of ketones is 1. The van der Waals surface area contributed by atoms with Gasteiger partial charge in [-0.15, -0.1) is 0 Å². The highest BCUT2D eigenvalue weighted by atomic mass is 19.1.